The Morgan fingerprint density at radius 3 is 2.52 bits per heavy atom. The molecule has 1 N–H and O–H groups in total. The molecule has 0 fully saturated rings. The van der Waals surface area contributed by atoms with Gasteiger partial charge in [-0.25, -0.2) is 14.8 Å². The summed E-state index contributed by atoms with van der Waals surface area (Å²) in [6, 6.07) is 22.0. The van der Waals surface area contributed by atoms with Crippen LogP contribution >= 0.6 is 0 Å². The van der Waals surface area contributed by atoms with E-state index in [4.69, 9.17) is 9.72 Å². The zero-order chi connectivity index (χ0) is 22.6. The Hall–Kier alpha value is -3.93. The third-order valence-corrected chi connectivity index (χ3v) is 5.85. The van der Waals surface area contributed by atoms with E-state index in [1.54, 1.807) is 0 Å². The number of carbonyl (C=O) groups is 1. The van der Waals surface area contributed by atoms with Gasteiger partial charge in [-0.05, 0) is 61.1 Å². The highest BCUT2D eigenvalue weighted by atomic mass is 16.5. The molecule has 5 rings (SSSR count). The van der Waals surface area contributed by atoms with Crippen molar-refractivity contribution in [3.05, 3.63) is 95.3 Å². The van der Waals surface area contributed by atoms with Gasteiger partial charge in [0.05, 0.1) is 18.0 Å². The fraction of sp³-hybridized carbons (Fsp3) is 0.222. The topological polar surface area (TPSA) is 69.0 Å². The Balaban J connectivity index is 1.64. The number of fused-ring (bicyclic) bond motifs is 3. The van der Waals surface area contributed by atoms with Crippen LogP contribution in [0, 0.1) is 0 Å². The van der Waals surface area contributed by atoms with Crippen molar-refractivity contribution >= 4 is 17.6 Å². The highest BCUT2D eigenvalue weighted by Crippen LogP contribution is 2.35. The summed E-state index contributed by atoms with van der Waals surface area (Å²) in [6.45, 7) is 2.73. The molecule has 0 unspecified atom stereocenters. The van der Waals surface area contributed by atoms with Crippen LogP contribution in [0.2, 0.25) is 0 Å². The quantitative estimate of drug-likeness (QED) is 0.408. The molecule has 0 atom stereocenters. The van der Waals surface area contributed by atoms with Gasteiger partial charge < -0.3 is 14.6 Å². The van der Waals surface area contributed by atoms with Crippen molar-refractivity contribution in [1.29, 1.82) is 0 Å². The molecule has 0 radical (unpaired) electrons. The summed E-state index contributed by atoms with van der Waals surface area (Å²) in [4.78, 5) is 22.4. The number of hydrogen-bond acceptors (Lipinski definition) is 5. The van der Waals surface area contributed by atoms with E-state index < -0.39 is 0 Å². The Bertz CT molecular complexity index is 1270. The number of ether oxygens (including phenoxy) is 1. The number of rotatable bonds is 6. The average molecular weight is 439 g/mol. The van der Waals surface area contributed by atoms with Crippen molar-refractivity contribution in [2.75, 3.05) is 11.9 Å². The summed E-state index contributed by atoms with van der Waals surface area (Å²) in [5.74, 6) is 0.234. The molecule has 6 nitrogen and oxygen atoms in total. The van der Waals surface area contributed by atoms with Gasteiger partial charge in [0, 0.05) is 18.4 Å². The molecule has 33 heavy (non-hydrogen) atoms. The van der Waals surface area contributed by atoms with E-state index in [9.17, 15) is 4.79 Å². The molecule has 0 spiro atoms. The number of nitrogens with zero attached hydrogens (tertiary/aromatic N) is 3. The van der Waals surface area contributed by atoms with Crippen molar-refractivity contribution in [3.63, 3.8) is 0 Å². The van der Waals surface area contributed by atoms with Crippen LogP contribution in [0.4, 0.5) is 11.6 Å². The Morgan fingerprint density at radius 2 is 1.76 bits per heavy atom. The number of benzene rings is 2. The van der Waals surface area contributed by atoms with E-state index in [-0.39, 0.29) is 5.97 Å². The van der Waals surface area contributed by atoms with Crippen LogP contribution in [0.25, 0.3) is 11.4 Å². The minimum Gasteiger partial charge on any atom is -0.461 e. The van der Waals surface area contributed by atoms with Crippen LogP contribution in [-0.2, 0) is 24.1 Å². The van der Waals surface area contributed by atoms with Gasteiger partial charge in [0.15, 0.2) is 0 Å². The number of para-hydroxylation sites is 1. The smallest absolute Gasteiger partial charge is 0.354 e. The maximum atomic E-state index is 12.9. The van der Waals surface area contributed by atoms with E-state index in [2.05, 4.69) is 27.0 Å². The Labute approximate surface area is 193 Å². The lowest BCUT2D eigenvalue weighted by Crippen LogP contribution is -2.14. The summed E-state index contributed by atoms with van der Waals surface area (Å²) in [7, 11) is 0. The molecule has 0 aliphatic heterocycles. The molecule has 1 aliphatic rings. The minimum absolute atomic E-state index is 0.306. The van der Waals surface area contributed by atoms with Crippen molar-refractivity contribution in [3.8, 4) is 11.4 Å². The normalized spacial score (nSPS) is 12.4. The molecular weight excluding hydrogens is 412 g/mol. The number of esters is 1. The van der Waals surface area contributed by atoms with Crippen molar-refractivity contribution in [2.24, 2.45) is 0 Å². The Morgan fingerprint density at radius 1 is 1.03 bits per heavy atom. The van der Waals surface area contributed by atoms with Crippen molar-refractivity contribution in [1.82, 2.24) is 14.5 Å². The first kappa shape index (κ1) is 20.9. The van der Waals surface area contributed by atoms with Gasteiger partial charge in [-0.1, -0.05) is 48.5 Å². The molecule has 0 bridgehead atoms. The number of anilines is 2. The second-order valence-electron chi connectivity index (χ2n) is 8.11. The average Bonchev–Trinajstić information content (AvgIpc) is 3.09. The molecule has 2 aromatic heterocycles. The van der Waals surface area contributed by atoms with Crippen LogP contribution in [0.5, 0.6) is 0 Å². The van der Waals surface area contributed by atoms with E-state index >= 15 is 0 Å². The monoisotopic (exact) mass is 438 g/mol. The van der Waals surface area contributed by atoms with Crippen LogP contribution in [0.15, 0.2) is 72.9 Å². The lowest BCUT2D eigenvalue weighted by molar-refractivity contribution is 0.0514. The lowest BCUT2D eigenvalue weighted by atomic mass is 10.1. The number of nitrogens with one attached hydrogen (secondary N) is 1. The fourth-order valence-electron chi connectivity index (χ4n) is 4.35. The van der Waals surface area contributed by atoms with E-state index in [0.717, 1.165) is 53.0 Å². The fourth-order valence-corrected chi connectivity index (χ4v) is 4.35. The summed E-state index contributed by atoms with van der Waals surface area (Å²) >= 11 is 0. The molecule has 2 heterocycles. The van der Waals surface area contributed by atoms with E-state index in [1.807, 2.05) is 67.7 Å². The van der Waals surface area contributed by atoms with Crippen LogP contribution < -0.4 is 5.32 Å². The van der Waals surface area contributed by atoms with Crippen molar-refractivity contribution in [2.45, 2.75) is 32.7 Å². The highest BCUT2D eigenvalue weighted by molar-refractivity contribution is 5.90. The lowest BCUT2D eigenvalue weighted by Gasteiger charge is -2.16. The third kappa shape index (κ3) is 4.37. The molecular formula is C27H26N4O2. The molecule has 6 heteroatoms. The first-order valence-corrected chi connectivity index (χ1v) is 11.3. The van der Waals surface area contributed by atoms with Gasteiger partial charge >= 0.3 is 5.97 Å². The van der Waals surface area contributed by atoms with Gasteiger partial charge in [0.25, 0.3) is 0 Å². The molecule has 0 saturated heterocycles. The predicted octanol–water partition coefficient (Wildman–Crippen LogP) is 5.40. The third-order valence-electron chi connectivity index (χ3n) is 5.85. The first-order valence-electron chi connectivity index (χ1n) is 11.3. The second kappa shape index (κ2) is 9.28. The van der Waals surface area contributed by atoms with Gasteiger partial charge in [-0.2, -0.15) is 0 Å². The van der Waals surface area contributed by atoms with Crippen molar-refractivity contribution < 1.29 is 9.53 Å². The summed E-state index contributed by atoms with van der Waals surface area (Å²) in [5, 5.41) is 3.30. The highest BCUT2D eigenvalue weighted by Gasteiger charge is 2.27. The molecule has 4 aromatic rings. The number of carbonyl (C=O) groups excluding carboxylic acids is 1. The van der Waals surface area contributed by atoms with Gasteiger partial charge in [0.2, 0.25) is 5.95 Å². The number of aromatic nitrogens is 3. The SMILES string of the molecule is CCOC(=O)c1cc2c(n1Cc1ccccc1)-c1nc(Nc3ccccc3)ncc1CCC2. The van der Waals surface area contributed by atoms with E-state index in [0.29, 0.717) is 24.8 Å². The zero-order valence-electron chi connectivity index (χ0n) is 18.6. The van der Waals surface area contributed by atoms with Crippen LogP contribution in [0.1, 0.15) is 40.5 Å². The maximum Gasteiger partial charge on any atom is 0.354 e. The van der Waals surface area contributed by atoms with Crippen LogP contribution in [-0.4, -0.2) is 27.1 Å². The number of aryl methyl sites for hydroxylation is 2. The standard InChI is InChI=1S/C27H26N4O2/c1-2-33-26(32)23-16-20-12-9-13-21-17-28-27(29-22-14-7-4-8-15-22)30-24(21)25(20)31(23)18-19-10-5-3-6-11-19/h3-8,10-11,14-17H,2,9,12-13,18H2,1H3,(H,28,29,30). The first-order chi connectivity index (χ1) is 16.2. The van der Waals surface area contributed by atoms with Gasteiger partial charge in [-0.3, -0.25) is 0 Å². The van der Waals surface area contributed by atoms with E-state index in [1.165, 1.54) is 0 Å². The Kier molecular flexibility index (Phi) is 5.89. The summed E-state index contributed by atoms with van der Waals surface area (Å²) < 4.78 is 7.46. The van der Waals surface area contributed by atoms with Gasteiger partial charge in [0.1, 0.15) is 5.69 Å². The molecule has 0 amide bonds. The predicted molar refractivity (Wildman–Crippen MR) is 129 cm³/mol. The molecule has 166 valence electrons. The molecule has 0 saturated carbocycles. The molecule has 1 aliphatic carbocycles. The summed E-state index contributed by atoms with van der Waals surface area (Å²) in [6.07, 6.45) is 4.66. The number of hydrogen-bond donors (Lipinski definition) is 1. The largest absolute Gasteiger partial charge is 0.461 e. The van der Waals surface area contributed by atoms with Gasteiger partial charge in [-0.15, -0.1) is 0 Å². The minimum atomic E-state index is -0.306. The van der Waals surface area contributed by atoms with Crippen LogP contribution in [0.3, 0.4) is 0 Å². The zero-order valence-corrected chi connectivity index (χ0v) is 18.6. The molecule has 2 aromatic carbocycles. The maximum absolute atomic E-state index is 12.9. The second-order valence-corrected chi connectivity index (χ2v) is 8.11. The summed E-state index contributed by atoms with van der Waals surface area (Å²) in [5.41, 5.74) is 6.68.